The second-order valence-electron chi connectivity index (χ2n) is 4.32. The van der Waals surface area contributed by atoms with E-state index in [-0.39, 0.29) is 0 Å². The van der Waals surface area contributed by atoms with Crippen molar-refractivity contribution in [3.63, 3.8) is 0 Å². The summed E-state index contributed by atoms with van der Waals surface area (Å²) in [7, 11) is 0. The minimum Gasteiger partial charge on any atom is -0.397 e. The molecule has 0 saturated heterocycles. The monoisotopic (exact) mass is 301 g/mol. The number of halogens is 1. The molecule has 0 radical (unpaired) electrons. The molecule has 0 unspecified atom stereocenters. The minimum atomic E-state index is 0.649. The summed E-state index contributed by atoms with van der Waals surface area (Å²) in [5.41, 5.74) is 6.25. The first-order valence-electron chi connectivity index (χ1n) is 5.82. The summed E-state index contributed by atoms with van der Waals surface area (Å²) in [4.78, 5) is 4.19. The lowest BCUT2D eigenvalue weighted by Crippen LogP contribution is -2.12. The molecule has 0 fully saturated rings. The van der Waals surface area contributed by atoms with E-state index in [0.29, 0.717) is 18.2 Å². The molecule has 0 aliphatic heterocycles. The van der Waals surface area contributed by atoms with Crippen LogP contribution in [0.3, 0.4) is 0 Å². The third kappa shape index (κ3) is 5.89. The molecular formula is C12H20BrN3O. The zero-order valence-corrected chi connectivity index (χ0v) is 12.0. The van der Waals surface area contributed by atoms with Gasteiger partial charge in [-0.1, -0.05) is 13.8 Å². The maximum atomic E-state index is 5.61. The number of aromatic nitrogens is 1. The fourth-order valence-electron chi connectivity index (χ4n) is 1.25. The van der Waals surface area contributed by atoms with Crippen LogP contribution in [0.2, 0.25) is 0 Å². The van der Waals surface area contributed by atoms with Gasteiger partial charge in [-0.05, 0) is 34.3 Å². The number of ether oxygens (including phenoxy) is 1. The molecule has 3 N–H and O–H groups in total. The molecule has 0 aromatic carbocycles. The first kappa shape index (κ1) is 14.3. The standard InChI is InChI=1S/C12H20BrN3O/c1-9(2)3-5-17-6-4-15-12-11(13)7-10(14)8-16-12/h7-9H,3-6,14H2,1-2H3,(H,15,16). The van der Waals surface area contributed by atoms with Crippen LogP contribution >= 0.6 is 15.9 Å². The number of pyridine rings is 1. The zero-order valence-electron chi connectivity index (χ0n) is 10.4. The Balaban J connectivity index is 2.18. The first-order chi connectivity index (χ1) is 8.09. The summed E-state index contributed by atoms with van der Waals surface area (Å²) in [5, 5.41) is 3.19. The van der Waals surface area contributed by atoms with E-state index in [4.69, 9.17) is 10.5 Å². The van der Waals surface area contributed by atoms with Crippen LogP contribution in [0, 0.1) is 5.92 Å². The van der Waals surface area contributed by atoms with E-state index in [9.17, 15) is 0 Å². The SMILES string of the molecule is CC(C)CCOCCNc1ncc(N)cc1Br. The second kappa shape index (κ2) is 7.50. The molecule has 5 heteroatoms. The first-order valence-corrected chi connectivity index (χ1v) is 6.61. The van der Waals surface area contributed by atoms with Gasteiger partial charge in [0.15, 0.2) is 0 Å². The summed E-state index contributed by atoms with van der Waals surface area (Å²) >= 11 is 3.40. The van der Waals surface area contributed by atoms with E-state index in [2.05, 4.69) is 40.1 Å². The molecule has 0 atom stereocenters. The summed E-state index contributed by atoms with van der Waals surface area (Å²) in [6.07, 6.45) is 2.73. The van der Waals surface area contributed by atoms with Gasteiger partial charge in [0.25, 0.3) is 0 Å². The fourth-order valence-corrected chi connectivity index (χ4v) is 1.75. The van der Waals surface area contributed by atoms with Crippen molar-refractivity contribution in [3.05, 3.63) is 16.7 Å². The van der Waals surface area contributed by atoms with Crippen molar-refractivity contribution in [1.29, 1.82) is 0 Å². The van der Waals surface area contributed by atoms with Crippen molar-refractivity contribution < 1.29 is 4.74 Å². The molecule has 0 amide bonds. The van der Waals surface area contributed by atoms with E-state index >= 15 is 0 Å². The van der Waals surface area contributed by atoms with Crippen molar-refractivity contribution in [2.75, 3.05) is 30.8 Å². The van der Waals surface area contributed by atoms with Gasteiger partial charge in [0.05, 0.1) is 23.0 Å². The Morgan fingerprint density at radius 3 is 2.88 bits per heavy atom. The van der Waals surface area contributed by atoms with Gasteiger partial charge in [-0.3, -0.25) is 0 Å². The van der Waals surface area contributed by atoms with Gasteiger partial charge >= 0.3 is 0 Å². The normalized spacial score (nSPS) is 10.8. The Labute approximate surface area is 111 Å². The van der Waals surface area contributed by atoms with Crippen LogP contribution in [0.25, 0.3) is 0 Å². The highest BCUT2D eigenvalue weighted by Crippen LogP contribution is 2.21. The molecule has 1 rings (SSSR count). The van der Waals surface area contributed by atoms with Crippen molar-refractivity contribution in [1.82, 2.24) is 4.98 Å². The predicted octanol–water partition coefficient (Wildman–Crippen LogP) is 2.90. The quantitative estimate of drug-likeness (QED) is 0.760. The maximum absolute atomic E-state index is 5.61. The Kier molecular flexibility index (Phi) is 6.29. The smallest absolute Gasteiger partial charge is 0.140 e. The van der Waals surface area contributed by atoms with Gasteiger partial charge < -0.3 is 15.8 Å². The van der Waals surface area contributed by atoms with Crippen molar-refractivity contribution >= 4 is 27.4 Å². The largest absolute Gasteiger partial charge is 0.397 e. The molecule has 1 aromatic heterocycles. The molecule has 0 spiro atoms. The summed E-state index contributed by atoms with van der Waals surface area (Å²) in [6.45, 7) is 6.63. The Morgan fingerprint density at radius 2 is 2.24 bits per heavy atom. The number of rotatable bonds is 7. The van der Waals surface area contributed by atoms with Gasteiger partial charge in [-0.25, -0.2) is 4.98 Å². The molecule has 0 bridgehead atoms. The van der Waals surface area contributed by atoms with Gasteiger partial charge in [0.1, 0.15) is 5.82 Å². The molecule has 0 aliphatic carbocycles. The van der Waals surface area contributed by atoms with Crippen LogP contribution in [0.4, 0.5) is 11.5 Å². The summed E-state index contributed by atoms with van der Waals surface area (Å²) < 4.78 is 6.37. The summed E-state index contributed by atoms with van der Waals surface area (Å²) in [5.74, 6) is 1.49. The van der Waals surface area contributed by atoms with Crippen molar-refractivity contribution in [3.8, 4) is 0 Å². The third-order valence-corrected chi connectivity index (χ3v) is 2.85. The van der Waals surface area contributed by atoms with Gasteiger partial charge in [-0.15, -0.1) is 0 Å². The second-order valence-corrected chi connectivity index (χ2v) is 5.18. The van der Waals surface area contributed by atoms with E-state index in [0.717, 1.165) is 29.9 Å². The van der Waals surface area contributed by atoms with Crippen LogP contribution in [-0.2, 0) is 4.74 Å². The van der Waals surface area contributed by atoms with Crippen LogP contribution in [-0.4, -0.2) is 24.7 Å². The molecule has 1 aromatic rings. The lowest BCUT2D eigenvalue weighted by atomic mass is 10.1. The Morgan fingerprint density at radius 1 is 1.47 bits per heavy atom. The number of hydrogen-bond donors (Lipinski definition) is 2. The topological polar surface area (TPSA) is 60.2 Å². The Bertz CT molecular complexity index is 345. The molecule has 0 aliphatic rings. The fraction of sp³-hybridized carbons (Fsp3) is 0.583. The number of anilines is 2. The number of nitrogen functional groups attached to an aromatic ring is 1. The van der Waals surface area contributed by atoms with Gasteiger partial charge in [-0.2, -0.15) is 0 Å². The lowest BCUT2D eigenvalue weighted by molar-refractivity contribution is 0.132. The molecule has 17 heavy (non-hydrogen) atoms. The average molecular weight is 302 g/mol. The average Bonchev–Trinajstić information content (AvgIpc) is 2.25. The minimum absolute atomic E-state index is 0.649. The van der Waals surface area contributed by atoms with Gasteiger partial charge in [0, 0.05) is 13.2 Å². The highest BCUT2D eigenvalue weighted by Gasteiger charge is 2.00. The lowest BCUT2D eigenvalue weighted by Gasteiger charge is -2.09. The Hall–Kier alpha value is -0.810. The maximum Gasteiger partial charge on any atom is 0.140 e. The summed E-state index contributed by atoms with van der Waals surface area (Å²) in [6, 6.07) is 1.83. The van der Waals surface area contributed by atoms with E-state index < -0.39 is 0 Å². The highest BCUT2D eigenvalue weighted by atomic mass is 79.9. The number of nitrogens with one attached hydrogen (secondary N) is 1. The number of nitrogens with zero attached hydrogens (tertiary/aromatic N) is 1. The molecule has 4 nitrogen and oxygen atoms in total. The molecule has 1 heterocycles. The van der Waals surface area contributed by atoms with E-state index in [1.165, 1.54) is 0 Å². The van der Waals surface area contributed by atoms with E-state index in [1.807, 2.05) is 6.07 Å². The van der Waals surface area contributed by atoms with Crippen molar-refractivity contribution in [2.45, 2.75) is 20.3 Å². The zero-order chi connectivity index (χ0) is 12.7. The number of nitrogens with two attached hydrogens (primary N) is 1. The molecular weight excluding hydrogens is 282 g/mol. The molecule has 0 saturated carbocycles. The van der Waals surface area contributed by atoms with Crippen LogP contribution in [0.15, 0.2) is 16.7 Å². The predicted molar refractivity (Wildman–Crippen MR) is 75.1 cm³/mol. The molecule has 96 valence electrons. The van der Waals surface area contributed by atoms with E-state index in [1.54, 1.807) is 6.20 Å². The van der Waals surface area contributed by atoms with Crippen LogP contribution < -0.4 is 11.1 Å². The van der Waals surface area contributed by atoms with Crippen molar-refractivity contribution in [2.24, 2.45) is 5.92 Å². The highest BCUT2D eigenvalue weighted by molar-refractivity contribution is 9.10. The number of hydrogen-bond acceptors (Lipinski definition) is 4. The van der Waals surface area contributed by atoms with Crippen LogP contribution in [0.1, 0.15) is 20.3 Å². The third-order valence-electron chi connectivity index (χ3n) is 2.24. The van der Waals surface area contributed by atoms with Crippen LogP contribution in [0.5, 0.6) is 0 Å². The van der Waals surface area contributed by atoms with Gasteiger partial charge in [0.2, 0.25) is 0 Å².